The van der Waals surface area contributed by atoms with Crippen LogP contribution in [0.25, 0.3) is 0 Å². The van der Waals surface area contributed by atoms with Crippen LogP contribution < -0.4 is 10.6 Å². The molecule has 132 valence electrons. The summed E-state index contributed by atoms with van der Waals surface area (Å²) in [5, 5.41) is 5.22. The zero-order chi connectivity index (χ0) is 18.2. The third-order valence-electron chi connectivity index (χ3n) is 3.60. The van der Waals surface area contributed by atoms with Crippen molar-refractivity contribution in [2.75, 3.05) is 18.5 Å². The van der Waals surface area contributed by atoms with E-state index in [0.29, 0.717) is 5.69 Å². The maximum absolute atomic E-state index is 11.8. The molecule has 7 heteroatoms. The van der Waals surface area contributed by atoms with Crippen molar-refractivity contribution in [2.45, 2.75) is 20.3 Å². The fourth-order valence-electron chi connectivity index (χ4n) is 2.06. The zero-order valence-corrected chi connectivity index (χ0v) is 14.1. The fourth-order valence-corrected chi connectivity index (χ4v) is 2.06. The average Bonchev–Trinajstić information content (AvgIpc) is 3.12. The Balaban J connectivity index is 1.68. The Hall–Kier alpha value is -3.09. The summed E-state index contributed by atoms with van der Waals surface area (Å²) in [6, 6.07) is 8.68. The lowest BCUT2D eigenvalue weighted by Gasteiger charge is -2.10. The number of hydrogen-bond acceptors (Lipinski definition) is 5. The summed E-state index contributed by atoms with van der Waals surface area (Å²) < 4.78 is 9.82. The Bertz CT molecular complexity index is 753. The SMILES string of the molecule is Cc1cccc(NC(=O)COC(=O)CCNC(=O)c2ccco2)c1C. The van der Waals surface area contributed by atoms with Crippen LogP contribution >= 0.6 is 0 Å². The molecule has 0 aliphatic heterocycles. The molecule has 0 saturated heterocycles. The molecule has 0 radical (unpaired) electrons. The van der Waals surface area contributed by atoms with Gasteiger partial charge in [-0.1, -0.05) is 12.1 Å². The minimum Gasteiger partial charge on any atom is -0.459 e. The normalized spacial score (nSPS) is 10.2. The predicted octanol–water partition coefficient (Wildman–Crippen LogP) is 2.20. The van der Waals surface area contributed by atoms with Crippen LogP contribution in [-0.4, -0.2) is 30.9 Å². The van der Waals surface area contributed by atoms with Crippen molar-refractivity contribution in [1.82, 2.24) is 5.32 Å². The van der Waals surface area contributed by atoms with Crippen LogP contribution in [0.3, 0.4) is 0 Å². The first-order chi connectivity index (χ1) is 12.0. The van der Waals surface area contributed by atoms with Crippen LogP contribution in [0.5, 0.6) is 0 Å². The van der Waals surface area contributed by atoms with E-state index in [1.165, 1.54) is 12.3 Å². The minimum atomic E-state index is -0.573. The van der Waals surface area contributed by atoms with Crippen LogP contribution in [0.4, 0.5) is 5.69 Å². The van der Waals surface area contributed by atoms with Crippen molar-refractivity contribution >= 4 is 23.5 Å². The maximum Gasteiger partial charge on any atom is 0.308 e. The van der Waals surface area contributed by atoms with Gasteiger partial charge in [-0.25, -0.2) is 0 Å². The molecular weight excluding hydrogens is 324 g/mol. The standard InChI is InChI=1S/C18H20N2O5/c1-12-5-3-6-14(13(12)2)20-16(21)11-25-17(22)8-9-19-18(23)15-7-4-10-24-15/h3-7,10H,8-9,11H2,1-2H3,(H,19,23)(H,20,21). The van der Waals surface area contributed by atoms with Crippen molar-refractivity contribution in [1.29, 1.82) is 0 Å². The molecule has 0 aliphatic carbocycles. The predicted molar refractivity (Wildman–Crippen MR) is 91.2 cm³/mol. The maximum atomic E-state index is 11.8. The van der Waals surface area contributed by atoms with Crippen LogP contribution in [0.2, 0.25) is 0 Å². The monoisotopic (exact) mass is 344 g/mol. The van der Waals surface area contributed by atoms with E-state index in [2.05, 4.69) is 10.6 Å². The summed E-state index contributed by atoms with van der Waals surface area (Å²) in [6.45, 7) is 3.57. The Morgan fingerprint density at radius 2 is 1.92 bits per heavy atom. The third kappa shape index (κ3) is 5.49. The topological polar surface area (TPSA) is 97.6 Å². The van der Waals surface area contributed by atoms with Gasteiger partial charge in [0.05, 0.1) is 12.7 Å². The first-order valence-corrected chi connectivity index (χ1v) is 7.81. The summed E-state index contributed by atoms with van der Waals surface area (Å²) in [5.74, 6) is -1.23. The van der Waals surface area contributed by atoms with Crippen LogP contribution in [-0.2, 0) is 14.3 Å². The van der Waals surface area contributed by atoms with E-state index in [1.54, 1.807) is 12.1 Å². The van der Waals surface area contributed by atoms with Gasteiger partial charge in [-0.05, 0) is 43.2 Å². The van der Waals surface area contributed by atoms with Gasteiger partial charge in [0.2, 0.25) is 0 Å². The van der Waals surface area contributed by atoms with Crippen LogP contribution in [0, 0.1) is 13.8 Å². The molecule has 0 aliphatic rings. The van der Waals surface area contributed by atoms with Crippen molar-refractivity contribution in [3.63, 3.8) is 0 Å². The number of aryl methyl sites for hydroxylation is 1. The molecule has 2 rings (SSSR count). The number of rotatable bonds is 7. The van der Waals surface area contributed by atoms with Gasteiger partial charge < -0.3 is 19.8 Å². The van der Waals surface area contributed by atoms with Gasteiger partial charge in [0.25, 0.3) is 11.8 Å². The molecule has 0 bridgehead atoms. The van der Waals surface area contributed by atoms with E-state index in [-0.39, 0.29) is 25.3 Å². The summed E-state index contributed by atoms with van der Waals surface area (Å²) in [5.41, 5.74) is 2.71. The van der Waals surface area contributed by atoms with E-state index < -0.39 is 17.8 Å². The molecular formula is C18H20N2O5. The number of esters is 1. The summed E-state index contributed by atoms with van der Waals surface area (Å²) in [6.07, 6.45) is 1.35. The first kappa shape index (κ1) is 18.3. The van der Waals surface area contributed by atoms with Gasteiger partial charge in [-0.3, -0.25) is 14.4 Å². The first-order valence-electron chi connectivity index (χ1n) is 7.81. The number of amides is 2. The quantitative estimate of drug-likeness (QED) is 0.751. The molecule has 25 heavy (non-hydrogen) atoms. The van der Waals surface area contributed by atoms with E-state index in [1.807, 2.05) is 26.0 Å². The summed E-state index contributed by atoms with van der Waals surface area (Å²) >= 11 is 0. The fraction of sp³-hybridized carbons (Fsp3) is 0.278. The van der Waals surface area contributed by atoms with Gasteiger partial charge in [-0.15, -0.1) is 0 Å². The Morgan fingerprint density at radius 1 is 1.12 bits per heavy atom. The van der Waals surface area contributed by atoms with Gasteiger partial charge >= 0.3 is 5.97 Å². The molecule has 2 aromatic rings. The highest BCUT2D eigenvalue weighted by Gasteiger charge is 2.11. The van der Waals surface area contributed by atoms with E-state index in [0.717, 1.165) is 11.1 Å². The van der Waals surface area contributed by atoms with Crippen molar-refractivity contribution in [2.24, 2.45) is 0 Å². The number of anilines is 1. The largest absolute Gasteiger partial charge is 0.459 e. The third-order valence-corrected chi connectivity index (χ3v) is 3.60. The van der Waals surface area contributed by atoms with E-state index in [4.69, 9.17) is 9.15 Å². The highest BCUT2D eigenvalue weighted by Crippen LogP contribution is 2.17. The van der Waals surface area contributed by atoms with Gasteiger partial charge in [0, 0.05) is 12.2 Å². The minimum absolute atomic E-state index is 0.0385. The van der Waals surface area contributed by atoms with Gasteiger partial charge in [0.1, 0.15) is 0 Å². The van der Waals surface area contributed by atoms with E-state index >= 15 is 0 Å². The highest BCUT2D eigenvalue weighted by atomic mass is 16.5. The number of hydrogen-bond donors (Lipinski definition) is 2. The lowest BCUT2D eigenvalue weighted by molar-refractivity contribution is -0.147. The average molecular weight is 344 g/mol. The van der Waals surface area contributed by atoms with Crippen molar-refractivity contribution < 1.29 is 23.5 Å². The van der Waals surface area contributed by atoms with Crippen LogP contribution in [0.1, 0.15) is 28.1 Å². The second-order valence-electron chi connectivity index (χ2n) is 5.44. The second-order valence-corrected chi connectivity index (χ2v) is 5.44. The number of benzene rings is 1. The zero-order valence-electron chi connectivity index (χ0n) is 14.1. The molecule has 1 heterocycles. The lowest BCUT2D eigenvalue weighted by Crippen LogP contribution is -2.27. The second kappa shape index (κ2) is 8.68. The number of ether oxygens (including phenoxy) is 1. The molecule has 0 saturated carbocycles. The lowest BCUT2D eigenvalue weighted by atomic mass is 10.1. The Morgan fingerprint density at radius 3 is 2.64 bits per heavy atom. The van der Waals surface area contributed by atoms with Crippen LogP contribution in [0.15, 0.2) is 41.0 Å². The van der Waals surface area contributed by atoms with Gasteiger partial charge in [-0.2, -0.15) is 0 Å². The Labute approximate surface area is 145 Å². The smallest absolute Gasteiger partial charge is 0.308 e. The number of furan rings is 1. The summed E-state index contributed by atoms with van der Waals surface area (Å²) in [4.78, 5) is 35.1. The molecule has 7 nitrogen and oxygen atoms in total. The number of nitrogens with one attached hydrogen (secondary N) is 2. The molecule has 0 unspecified atom stereocenters. The molecule has 0 atom stereocenters. The summed E-state index contributed by atoms with van der Waals surface area (Å²) in [7, 11) is 0. The van der Waals surface area contributed by atoms with E-state index in [9.17, 15) is 14.4 Å². The number of carbonyl (C=O) groups excluding carboxylic acids is 3. The molecule has 2 amide bonds. The molecule has 2 N–H and O–H groups in total. The molecule has 0 spiro atoms. The highest BCUT2D eigenvalue weighted by molar-refractivity contribution is 5.94. The molecule has 1 aromatic carbocycles. The molecule has 1 aromatic heterocycles. The van der Waals surface area contributed by atoms with Crippen molar-refractivity contribution in [3.8, 4) is 0 Å². The molecule has 0 fully saturated rings. The number of carbonyl (C=O) groups is 3. The van der Waals surface area contributed by atoms with Gasteiger partial charge in [0.15, 0.2) is 12.4 Å². The van der Waals surface area contributed by atoms with Crippen molar-refractivity contribution in [3.05, 3.63) is 53.5 Å². The Kier molecular flexibility index (Phi) is 6.33.